The predicted molar refractivity (Wildman–Crippen MR) is 137 cm³/mol. The van der Waals surface area contributed by atoms with E-state index in [1.807, 2.05) is 91.0 Å². The summed E-state index contributed by atoms with van der Waals surface area (Å²) in [4.78, 5) is 31.4. The molecule has 5 heteroatoms. The van der Waals surface area contributed by atoms with E-state index in [1.165, 1.54) is 0 Å². The maximum absolute atomic E-state index is 13.4. The molecule has 0 aliphatic carbocycles. The Morgan fingerprint density at radius 3 is 2.09 bits per heavy atom. The molecule has 5 nitrogen and oxygen atoms in total. The Morgan fingerprint density at radius 1 is 0.771 bits per heavy atom. The highest BCUT2D eigenvalue weighted by molar-refractivity contribution is 6.19. The summed E-state index contributed by atoms with van der Waals surface area (Å²) in [5.41, 5.74) is 4.80. The quantitative estimate of drug-likeness (QED) is 0.367. The molecule has 1 aliphatic heterocycles. The zero-order valence-electron chi connectivity index (χ0n) is 18.8. The fourth-order valence-electron chi connectivity index (χ4n) is 4.11. The average Bonchev–Trinajstić information content (AvgIpc) is 3.20. The molecule has 0 unspecified atom stereocenters. The molecule has 0 fully saturated rings. The Kier molecular flexibility index (Phi) is 6.05. The van der Waals surface area contributed by atoms with Crippen LogP contribution in [0.15, 0.2) is 120 Å². The lowest BCUT2D eigenvalue weighted by Gasteiger charge is -2.19. The van der Waals surface area contributed by atoms with Crippen molar-refractivity contribution < 1.29 is 14.7 Å². The molecular formula is C30H22N2O3. The van der Waals surface area contributed by atoms with Gasteiger partial charge in [0.1, 0.15) is 11.5 Å². The van der Waals surface area contributed by atoms with Crippen molar-refractivity contribution in [3.8, 4) is 11.1 Å². The first-order valence-corrected chi connectivity index (χ1v) is 11.2. The number of hydrogen-bond acceptors (Lipinski definition) is 3. The Bertz CT molecular complexity index is 1440. The summed E-state index contributed by atoms with van der Waals surface area (Å²) < 4.78 is 0. The number of amidine groups is 1. The molecule has 1 heterocycles. The molecule has 0 saturated carbocycles. The number of carbonyl (C=O) groups is 2. The van der Waals surface area contributed by atoms with E-state index in [0.29, 0.717) is 23.6 Å². The number of benzene rings is 4. The highest BCUT2D eigenvalue weighted by Crippen LogP contribution is 2.27. The first-order chi connectivity index (χ1) is 17.1. The van der Waals surface area contributed by atoms with Crippen LogP contribution >= 0.6 is 0 Å². The molecule has 0 saturated heterocycles. The van der Waals surface area contributed by atoms with Gasteiger partial charge in [0.05, 0.1) is 12.1 Å². The number of aromatic carboxylic acids is 1. The van der Waals surface area contributed by atoms with E-state index in [-0.39, 0.29) is 11.5 Å². The fraction of sp³-hybridized carbons (Fsp3) is 0.0333. The smallest absolute Gasteiger partial charge is 0.336 e. The van der Waals surface area contributed by atoms with Crippen molar-refractivity contribution in [3.63, 3.8) is 0 Å². The van der Waals surface area contributed by atoms with E-state index >= 15 is 0 Å². The van der Waals surface area contributed by atoms with Crippen LogP contribution < -0.4 is 0 Å². The standard InChI is InChI=1S/C30H22N2O3/c33-29-27(19-21-9-3-1-4-10-21)31-28(24-11-5-2-6-12-24)32(29)20-22-15-17-23(18-16-22)25-13-7-8-14-26(25)30(34)35/h1-19H,20H2,(H,34,35)/b27-19+. The number of amides is 1. The van der Waals surface area contributed by atoms with Crippen LogP contribution in [-0.2, 0) is 11.3 Å². The lowest BCUT2D eigenvalue weighted by Crippen LogP contribution is -2.32. The Hall–Kier alpha value is -4.77. The van der Waals surface area contributed by atoms with Gasteiger partial charge in [0, 0.05) is 5.56 Å². The monoisotopic (exact) mass is 458 g/mol. The number of rotatable bonds is 6. The lowest BCUT2D eigenvalue weighted by molar-refractivity contribution is -0.123. The van der Waals surface area contributed by atoms with Gasteiger partial charge in [-0.05, 0) is 34.4 Å². The largest absolute Gasteiger partial charge is 0.478 e. The number of aliphatic imine (C=N–C) groups is 1. The molecule has 0 bridgehead atoms. The van der Waals surface area contributed by atoms with E-state index < -0.39 is 5.97 Å². The molecule has 4 aromatic rings. The summed E-state index contributed by atoms with van der Waals surface area (Å²) in [7, 11) is 0. The molecule has 35 heavy (non-hydrogen) atoms. The molecule has 0 radical (unpaired) electrons. The predicted octanol–water partition coefficient (Wildman–Crippen LogP) is 5.88. The number of nitrogens with zero attached hydrogens (tertiary/aromatic N) is 2. The molecule has 1 N–H and O–H groups in total. The van der Waals surface area contributed by atoms with E-state index in [2.05, 4.69) is 0 Å². The molecule has 1 amide bonds. The summed E-state index contributed by atoms with van der Waals surface area (Å²) in [5.74, 6) is -0.514. The van der Waals surface area contributed by atoms with E-state index in [4.69, 9.17) is 4.99 Å². The second kappa shape index (κ2) is 9.61. The second-order valence-electron chi connectivity index (χ2n) is 8.18. The number of carboxylic acid groups (broad SMARTS) is 1. The van der Waals surface area contributed by atoms with E-state index in [9.17, 15) is 14.7 Å². The zero-order chi connectivity index (χ0) is 24.2. The summed E-state index contributed by atoms with van der Waals surface area (Å²) >= 11 is 0. The van der Waals surface area contributed by atoms with Gasteiger partial charge in [0.2, 0.25) is 0 Å². The van der Waals surface area contributed by atoms with Crippen molar-refractivity contribution in [2.45, 2.75) is 6.54 Å². The minimum absolute atomic E-state index is 0.159. The van der Waals surface area contributed by atoms with Crippen LogP contribution in [0.25, 0.3) is 17.2 Å². The molecule has 4 aromatic carbocycles. The third-order valence-electron chi connectivity index (χ3n) is 5.84. The van der Waals surface area contributed by atoms with E-state index in [1.54, 1.807) is 29.2 Å². The minimum atomic E-state index is -0.964. The van der Waals surface area contributed by atoms with Crippen LogP contribution in [0.4, 0.5) is 0 Å². The van der Waals surface area contributed by atoms with E-state index in [0.717, 1.165) is 22.3 Å². The lowest BCUT2D eigenvalue weighted by atomic mass is 9.98. The van der Waals surface area contributed by atoms with Crippen molar-refractivity contribution in [1.29, 1.82) is 0 Å². The van der Waals surface area contributed by atoms with Gasteiger partial charge in [-0.15, -0.1) is 0 Å². The number of carbonyl (C=O) groups excluding carboxylic acids is 1. The van der Waals surface area contributed by atoms with Crippen LogP contribution in [0, 0.1) is 0 Å². The first-order valence-electron chi connectivity index (χ1n) is 11.2. The van der Waals surface area contributed by atoms with Gasteiger partial charge in [0.25, 0.3) is 5.91 Å². The van der Waals surface area contributed by atoms with Gasteiger partial charge in [0.15, 0.2) is 0 Å². The Balaban J connectivity index is 1.46. The molecule has 0 spiro atoms. The second-order valence-corrected chi connectivity index (χ2v) is 8.18. The third-order valence-corrected chi connectivity index (χ3v) is 5.84. The maximum atomic E-state index is 13.4. The summed E-state index contributed by atoms with van der Waals surface area (Å²) in [6.07, 6.45) is 1.80. The number of carboxylic acids is 1. The van der Waals surface area contributed by atoms with Gasteiger partial charge >= 0.3 is 5.97 Å². The normalized spacial score (nSPS) is 14.3. The van der Waals surface area contributed by atoms with Gasteiger partial charge in [-0.2, -0.15) is 0 Å². The highest BCUT2D eigenvalue weighted by atomic mass is 16.4. The zero-order valence-corrected chi connectivity index (χ0v) is 18.8. The summed E-state index contributed by atoms with van der Waals surface area (Å²) in [6.45, 7) is 0.347. The maximum Gasteiger partial charge on any atom is 0.336 e. The van der Waals surface area contributed by atoms with Gasteiger partial charge in [-0.25, -0.2) is 9.79 Å². The molecule has 170 valence electrons. The molecule has 5 rings (SSSR count). The summed E-state index contributed by atoms with van der Waals surface area (Å²) in [5, 5.41) is 9.51. The molecule has 1 aliphatic rings. The topological polar surface area (TPSA) is 70.0 Å². The molecule has 0 atom stereocenters. The van der Waals surface area contributed by atoms with Crippen LogP contribution in [0.2, 0.25) is 0 Å². The van der Waals surface area contributed by atoms with Gasteiger partial charge in [-0.3, -0.25) is 9.69 Å². The average molecular weight is 459 g/mol. The highest BCUT2D eigenvalue weighted by Gasteiger charge is 2.31. The van der Waals surface area contributed by atoms with Crippen molar-refractivity contribution in [3.05, 3.63) is 137 Å². The number of hydrogen-bond donors (Lipinski definition) is 1. The van der Waals surface area contributed by atoms with Crippen molar-refractivity contribution >= 4 is 23.8 Å². The minimum Gasteiger partial charge on any atom is -0.478 e. The van der Waals surface area contributed by atoms with Crippen molar-refractivity contribution in [1.82, 2.24) is 4.90 Å². The van der Waals surface area contributed by atoms with Crippen molar-refractivity contribution in [2.75, 3.05) is 0 Å². The SMILES string of the molecule is O=C(O)c1ccccc1-c1ccc(CN2C(=O)/C(=C\c3ccccc3)N=C2c2ccccc2)cc1. The van der Waals surface area contributed by atoms with Crippen molar-refractivity contribution in [2.24, 2.45) is 4.99 Å². The molecule has 0 aromatic heterocycles. The van der Waals surface area contributed by atoms with Crippen LogP contribution in [0.3, 0.4) is 0 Å². The fourth-order valence-corrected chi connectivity index (χ4v) is 4.11. The van der Waals surface area contributed by atoms with Crippen LogP contribution in [0.1, 0.15) is 27.0 Å². The molecular weight excluding hydrogens is 436 g/mol. The van der Waals surface area contributed by atoms with Crippen LogP contribution in [0.5, 0.6) is 0 Å². The van der Waals surface area contributed by atoms with Crippen LogP contribution in [-0.4, -0.2) is 27.7 Å². The summed E-state index contributed by atoms with van der Waals surface area (Å²) in [6, 6.07) is 33.9. The Labute approximate surface area is 203 Å². The first kappa shape index (κ1) is 22.0. The Morgan fingerprint density at radius 2 is 1.40 bits per heavy atom. The van der Waals surface area contributed by atoms with Gasteiger partial charge in [-0.1, -0.05) is 103 Å². The third kappa shape index (κ3) is 4.66. The van der Waals surface area contributed by atoms with Gasteiger partial charge < -0.3 is 5.11 Å².